The van der Waals surface area contributed by atoms with Crippen LogP contribution in [0, 0.1) is 0 Å². The van der Waals surface area contributed by atoms with Crippen molar-refractivity contribution < 1.29 is 4.42 Å². The Morgan fingerprint density at radius 2 is 1.00 bits per heavy atom. The molecule has 4 aromatic heterocycles. The average molecular weight is 642 g/mol. The van der Waals surface area contributed by atoms with E-state index in [9.17, 15) is 0 Å². The molecule has 0 bridgehead atoms. The second-order valence-electron chi connectivity index (χ2n) is 12.3. The molecule has 0 aliphatic carbocycles. The van der Waals surface area contributed by atoms with Crippen LogP contribution in [0.5, 0.6) is 0 Å². The van der Waals surface area contributed by atoms with Crippen molar-refractivity contribution in [3.63, 3.8) is 0 Å². The van der Waals surface area contributed by atoms with Crippen LogP contribution in [0.3, 0.4) is 0 Å². The summed E-state index contributed by atoms with van der Waals surface area (Å²) in [6.07, 6.45) is 3.63. The van der Waals surface area contributed by atoms with E-state index in [2.05, 4.69) is 82.3 Å². The molecule has 234 valence electrons. The molecular formula is C44H27N5O. The third-order valence-electron chi connectivity index (χ3n) is 9.37. The van der Waals surface area contributed by atoms with Crippen LogP contribution in [-0.2, 0) is 0 Å². The Morgan fingerprint density at radius 3 is 1.70 bits per heavy atom. The molecule has 10 rings (SSSR count). The molecule has 6 nitrogen and oxygen atoms in total. The number of rotatable bonds is 5. The van der Waals surface area contributed by atoms with Gasteiger partial charge in [0.2, 0.25) is 0 Å². The number of para-hydroxylation sites is 2. The first-order valence-corrected chi connectivity index (χ1v) is 16.6. The van der Waals surface area contributed by atoms with E-state index in [4.69, 9.17) is 19.4 Å². The van der Waals surface area contributed by atoms with Gasteiger partial charge in [-0.3, -0.25) is 4.98 Å². The summed E-state index contributed by atoms with van der Waals surface area (Å²) in [5.41, 5.74) is 9.48. The Bertz CT molecular complexity index is 2790. The third kappa shape index (κ3) is 4.43. The van der Waals surface area contributed by atoms with Gasteiger partial charge in [-0.25, -0.2) is 15.0 Å². The Morgan fingerprint density at radius 1 is 0.420 bits per heavy atom. The van der Waals surface area contributed by atoms with Gasteiger partial charge in [-0.2, -0.15) is 0 Å². The van der Waals surface area contributed by atoms with Crippen LogP contribution < -0.4 is 0 Å². The van der Waals surface area contributed by atoms with Crippen LogP contribution in [0.1, 0.15) is 0 Å². The highest BCUT2D eigenvalue weighted by atomic mass is 16.3. The van der Waals surface area contributed by atoms with Gasteiger partial charge in [0.05, 0.1) is 11.0 Å². The van der Waals surface area contributed by atoms with Crippen LogP contribution in [-0.4, -0.2) is 24.5 Å². The Labute approximate surface area is 287 Å². The average Bonchev–Trinajstić information content (AvgIpc) is 3.75. The highest BCUT2D eigenvalue weighted by molar-refractivity contribution is 6.24. The molecule has 0 spiro atoms. The lowest BCUT2D eigenvalue weighted by Crippen LogP contribution is -2.00. The van der Waals surface area contributed by atoms with Gasteiger partial charge < -0.3 is 8.98 Å². The van der Waals surface area contributed by atoms with E-state index in [0.29, 0.717) is 17.5 Å². The topological polar surface area (TPSA) is 69.6 Å². The van der Waals surface area contributed by atoms with Gasteiger partial charge in [0, 0.05) is 61.9 Å². The van der Waals surface area contributed by atoms with Gasteiger partial charge in [-0.05, 0) is 54.1 Å². The minimum atomic E-state index is 0.579. The number of nitrogens with zero attached hydrogens (tertiary/aromatic N) is 5. The van der Waals surface area contributed by atoms with E-state index in [1.165, 1.54) is 5.39 Å². The first kappa shape index (κ1) is 28.1. The molecule has 0 saturated carbocycles. The van der Waals surface area contributed by atoms with Gasteiger partial charge in [0.25, 0.3) is 0 Å². The van der Waals surface area contributed by atoms with E-state index in [-0.39, 0.29) is 0 Å². The molecule has 0 aliphatic heterocycles. The molecule has 0 aliphatic rings. The Kier molecular flexibility index (Phi) is 6.39. The zero-order valence-corrected chi connectivity index (χ0v) is 26.7. The summed E-state index contributed by atoms with van der Waals surface area (Å²) >= 11 is 0. The molecule has 0 unspecified atom stereocenters. The van der Waals surface area contributed by atoms with Crippen molar-refractivity contribution in [1.29, 1.82) is 0 Å². The predicted molar refractivity (Wildman–Crippen MR) is 201 cm³/mol. The van der Waals surface area contributed by atoms with E-state index in [0.717, 1.165) is 71.9 Å². The summed E-state index contributed by atoms with van der Waals surface area (Å²) in [5.74, 6) is 1.80. The van der Waals surface area contributed by atoms with Crippen LogP contribution >= 0.6 is 0 Å². The summed E-state index contributed by atoms with van der Waals surface area (Å²) < 4.78 is 9.43. The van der Waals surface area contributed by atoms with Crippen molar-refractivity contribution in [2.24, 2.45) is 0 Å². The molecule has 10 aromatic rings. The molecule has 0 N–H and O–H groups in total. The summed E-state index contributed by atoms with van der Waals surface area (Å²) in [4.78, 5) is 19.5. The first-order valence-electron chi connectivity index (χ1n) is 16.6. The van der Waals surface area contributed by atoms with Crippen LogP contribution in [0.25, 0.3) is 94.7 Å². The number of benzene rings is 6. The maximum atomic E-state index is 7.12. The van der Waals surface area contributed by atoms with E-state index >= 15 is 0 Å². The number of pyridine rings is 1. The lowest BCUT2D eigenvalue weighted by molar-refractivity contribution is 0.672. The number of furan rings is 1. The van der Waals surface area contributed by atoms with Gasteiger partial charge in [0.15, 0.2) is 23.1 Å². The first-order chi connectivity index (χ1) is 24.8. The monoisotopic (exact) mass is 641 g/mol. The minimum Gasteiger partial charge on any atom is -0.453 e. The number of fused-ring (bicyclic) bond motifs is 7. The molecule has 0 radical (unpaired) electrons. The fourth-order valence-corrected chi connectivity index (χ4v) is 7.11. The molecular weight excluding hydrogens is 615 g/mol. The van der Waals surface area contributed by atoms with Crippen molar-refractivity contribution in [3.05, 3.63) is 164 Å². The predicted octanol–water partition coefficient (Wildman–Crippen LogP) is 10.9. The zero-order valence-electron chi connectivity index (χ0n) is 26.7. The van der Waals surface area contributed by atoms with Crippen LogP contribution in [0.4, 0.5) is 0 Å². The Balaban J connectivity index is 1.34. The van der Waals surface area contributed by atoms with Crippen LogP contribution in [0.15, 0.2) is 168 Å². The van der Waals surface area contributed by atoms with Gasteiger partial charge in [-0.15, -0.1) is 0 Å². The smallest absolute Gasteiger partial charge is 0.164 e. The second kappa shape index (κ2) is 11.4. The number of hydrogen-bond acceptors (Lipinski definition) is 5. The molecule has 50 heavy (non-hydrogen) atoms. The minimum absolute atomic E-state index is 0.579. The van der Waals surface area contributed by atoms with Crippen molar-refractivity contribution in [2.75, 3.05) is 0 Å². The molecule has 6 heteroatoms. The normalized spacial score (nSPS) is 11.6. The zero-order chi connectivity index (χ0) is 33.0. The van der Waals surface area contributed by atoms with Crippen LogP contribution in [0.2, 0.25) is 0 Å². The maximum absolute atomic E-state index is 7.12. The summed E-state index contributed by atoms with van der Waals surface area (Å²) in [6.45, 7) is 0. The van der Waals surface area contributed by atoms with E-state index < -0.39 is 0 Å². The third-order valence-corrected chi connectivity index (χ3v) is 9.37. The Hall–Kier alpha value is -6.92. The van der Waals surface area contributed by atoms with Crippen molar-refractivity contribution >= 4 is 43.7 Å². The standard InChI is InChI=1S/C44H27N5O/c1-4-12-29(13-5-1)42-46-43(30-14-6-2-7-15-30)48-44(47-42)36-23-20-32(28-24-26-45-27-25-28)40-38(36)35-22-21-34-33-18-10-11-19-37(33)49(39(34)41(35)50-40)31-16-8-3-9-17-31/h1-27H. The lowest BCUT2D eigenvalue weighted by atomic mass is 9.98. The SMILES string of the molecule is c1ccc(-c2nc(-c3ccccc3)nc(-c3ccc(-c4ccncc4)c4oc5c(ccc6c7ccccc7n(-c7ccccc7)c65)c34)n2)cc1. The van der Waals surface area contributed by atoms with Gasteiger partial charge >= 0.3 is 0 Å². The van der Waals surface area contributed by atoms with E-state index in [1.54, 1.807) is 0 Å². The fourth-order valence-electron chi connectivity index (χ4n) is 7.11. The maximum Gasteiger partial charge on any atom is 0.164 e. The quantitative estimate of drug-likeness (QED) is 0.187. The highest BCUT2D eigenvalue weighted by Gasteiger charge is 2.24. The molecule has 0 fully saturated rings. The van der Waals surface area contributed by atoms with E-state index in [1.807, 2.05) is 91.3 Å². The largest absolute Gasteiger partial charge is 0.453 e. The summed E-state index contributed by atoms with van der Waals surface area (Å²) in [6, 6.07) is 51.8. The van der Waals surface area contributed by atoms with Crippen molar-refractivity contribution in [1.82, 2.24) is 24.5 Å². The second-order valence-corrected chi connectivity index (χ2v) is 12.3. The van der Waals surface area contributed by atoms with Gasteiger partial charge in [0.1, 0.15) is 5.58 Å². The summed E-state index contributed by atoms with van der Waals surface area (Å²) in [7, 11) is 0. The van der Waals surface area contributed by atoms with Crippen molar-refractivity contribution in [3.8, 4) is 51.0 Å². The molecule has 0 amide bonds. The van der Waals surface area contributed by atoms with Gasteiger partial charge in [-0.1, -0.05) is 103 Å². The number of hydrogen-bond donors (Lipinski definition) is 0. The lowest BCUT2D eigenvalue weighted by Gasteiger charge is -2.10. The summed E-state index contributed by atoms with van der Waals surface area (Å²) in [5, 5.41) is 4.23. The van der Waals surface area contributed by atoms with Crippen molar-refractivity contribution in [2.45, 2.75) is 0 Å². The molecule has 0 saturated heterocycles. The molecule has 0 atom stereocenters. The molecule has 4 heterocycles. The molecule has 6 aromatic carbocycles. The highest BCUT2D eigenvalue weighted by Crippen LogP contribution is 2.45. The fraction of sp³-hybridized carbons (Fsp3) is 0. The number of aromatic nitrogens is 5.